The minimum absolute atomic E-state index is 0.0920. The Morgan fingerprint density at radius 3 is 2.74 bits per heavy atom. The van der Waals surface area contributed by atoms with Crippen LogP contribution in [0.25, 0.3) is 10.9 Å². The molecule has 8 nitrogen and oxygen atoms in total. The molecule has 0 aliphatic carbocycles. The van der Waals surface area contributed by atoms with Gasteiger partial charge < -0.3 is 14.5 Å². The number of piperidine rings is 1. The van der Waals surface area contributed by atoms with Crippen LogP contribution in [0.1, 0.15) is 52.9 Å². The summed E-state index contributed by atoms with van der Waals surface area (Å²) < 4.78 is 33.6. The third-order valence-electron chi connectivity index (χ3n) is 6.50. The summed E-state index contributed by atoms with van der Waals surface area (Å²) in [6.45, 7) is 6.34. The van der Waals surface area contributed by atoms with Gasteiger partial charge in [-0.2, -0.15) is 0 Å². The van der Waals surface area contributed by atoms with Gasteiger partial charge in [0.15, 0.2) is 0 Å². The Bertz CT molecular complexity index is 1180. The molecule has 34 heavy (non-hydrogen) atoms. The molecule has 2 heterocycles. The van der Waals surface area contributed by atoms with E-state index in [2.05, 4.69) is 28.9 Å². The molecule has 1 unspecified atom stereocenters. The monoisotopic (exact) mass is 485 g/mol. The fourth-order valence-electron chi connectivity index (χ4n) is 4.88. The molecular weight excluding hydrogens is 454 g/mol. The van der Waals surface area contributed by atoms with Gasteiger partial charge in [-0.05, 0) is 62.1 Å². The molecule has 182 valence electrons. The molecule has 1 aliphatic rings. The minimum Gasteiger partial charge on any atom is -0.496 e. The number of nitrogens with zero attached hydrogens (tertiary/aromatic N) is 1. The number of aromatic amines is 1. The maximum absolute atomic E-state index is 12.1. The van der Waals surface area contributed by atoms with Gasteiger partial charge in [0.05, 0.1) is 13.2 Å². The number of ether oxygens (including phenoxy) is 2. The van der Waals surface area contributed by atoms with E-state index in [4.69, 9.17) is 14.0 Å². The van der Waals surface area contributed by atoms with E-state index in [-0.39, 0.29) is 12.1 Å². The second kappa shape index (κ2) is 10.7. The molecule has 1 aliphatic heterocycles. The zero-order valence-corrected chi connectivity index (χ0v) is 20.5. The SMILES string of the molecule is CCO[C@H]1CCN(Cc2c(OC)cc(C)c3[nH]ccc23)[C@H](c2ccc(C(=O)NS(=O)O)cc2)C1. The molecule has 0 bridgehead atoms. The summed E-state index contributed by atoms with van der Waals surface area (Å²) in [5, 5.41) is 1.16. The first-order chi connectivity index (χ1) is 16.4. The summed E-state index contributed by atoms with van der Waals surface area (Å²) in [7, 11) is 1.71. The summed E-state index contributed by atoms with van der Waals surface area (Å²) in [5.74, 6) is 0.290. The molecule has 9 heteroatoms. The summed E-state index contributed by atoms with van der Waals surface area (Å²) in [6, 6.07) is 11.5. The van der Waals surface area contributed by atoms with Gasteiger partial charge in [0.2, 0.25) is 0 Å². The first-order valence-electron chi connectivity index (χ1n) is 11.4. The van der Waals surface area contributed by atoms with E-state index < -0.39 is 17.2 Å². The molecule has 3 aromatic rings. The van der Waals surface area contributed by atoms with Gasteiger partial charge in [-0.25, -0.2) is 8.93 Å². The number of carbonyl (C=O) groups excluding carboxylic acids is 1. The number of H-pyrrole nitrogens is 1. The smallest absolute Gasteiger partial charge is 0.264 e. The van der Waals surface area contributed by atoms with Gasteiger partial charge >= 0.3 is 0 Å². The Hall–Kier alpha value is -2.72. The molecule has 0 saturated carbocycles. The lowest BCUT2D eigenvalue weighted by Gasteiger charge is -2.40. The predicted octanol–water partition coefficient (Wildman–Crippen LogP) is 4.09. The van der Waals surface area contributed by atoms with Crippen molar-refractivity contribution in [1.82, 2.24) is 14.6 Å². The number of hydrogen-bond donors (Lipinski definition) is 3. The van der Waals surface area contributed by atoms with Crippen molar-refractivity contribution in [1.29, 1.82) is 0 Å². The number of likely N-dealkylation sites (tertiary alicyclic amines) is 1. The molecule has 2 aromatic carbocycles. The molecule has 3 atom stereocenters. The van der Waals surface area contributed by atoms with E-state index in [0.717, 1.165) is 52.7 Å². The van der Waals surface area contributed by atoms with Crippen molar-refractivity contribution in [2.24, 2.45) is 0 Å². The van der Waals surface area contributed by atoms with Gasteiger partial charge in [0.1, 0.15) is 5.75 Å². The zero-order valence-electron chi connectivity index (χ0n) is 19.7. The van der Waals surface area contributed by atoms with E-state index in [1.165, 1.54) is 0 Å². The number of hydrogen-bond acceptors (Lipinski definition) is 5. The third-order valence-corrected chi connectivity index (χ3v) is 6.86. The number of carbonyl (C=O) groups is 1. The number of nitrogens with one attached hydrogen (secondary N) is 2. The van der Waals surface area contributed by atoms with Crippen molar-refractivity contribution in [3.8, 4) is 5.75 Å². The summed E-state index contributed by atoms with van der Waals surface area (Å²) in [6.07, 6.45) is 3.91. The first kappa shape index (κ1) is 24.4. The van der Waals surface area contributed by atoms with Crippen molar-refractivity contribution in [3.63, 3.8) is 0 Å². The topological polar surface area (TPSA) is 104 Å². The normalized spacial score (nSPS) is 19.8. The largest absolute Gasteiger partial charge is 0.496 e. The van der Waals surface area contributed by atoms with E-state index in [1.54, 1.807) is 19.2 Å². The molecule has 0 radical (unpaired) electrons. The van der Waals surface area contributed by atoms with E-state index in [9.17, 15) is 9.00 Å². The first-order valence-corrected chi connectivity index (χ1v) is 12.5. The summed E-state index contributed by atoms with van der Waals surface area (Å²) >= 11 is -2.39. The lowest BCUT2D eigenvalue weighted by atomic mass is 9.91. The van der Waals surface area contributed by atoms with Crippen LogP contribution in [-0.4, -0.2) is 50.9 Å². The highest BCUT2D eigenvalue weighted by Crippen LogP contribution is 2.37. The molecule has 1 amide bonds. The minimum atomic E-state index is -2.39. The molecule has 1 saturated heterocycles. The number of benzene rings is 2. The molecular formula is C25H31N3O5S. The Morgan fingerprint density at radius 2 is 2.06 bits per heavy atom. The van der Waals surface area contributed by atoms with Crippen LogP contribution in [0.15, 0.2) is 42.6 Å². The van der Waals surface area contributed by atoms with Crippen LogP contribution >= 0.6 is 0 Å². The molecule has 1 aromatic heterocycles. The van der Waals surface area contributed by atoms with Crippen molar-refractivity contribution in [2.75, 3.05) is 20.3 Å². The van der Waals surface area contributed by atoms with E-state index in [0.29, 0.717) is 18.7 Å². The Labute approximate surface area is 202 Å². The van der Waals surface area contributed by atoms with Crippen LogP contribution < -0.4 is 9.46 Å². The molecule has 4 rings (SSSR count). The standard InChI is InChI=1S/C25H31N3O5S/c1-4-33-19-10-12-28(15-21-20-9-11-26-24(20)16(2)13-23(21)32-3)22(14-19)17-5-7-18(8-6-17)25(29)27-34(30)31/h5-9,11,13,19,22,26H,4,10,12,14-15H2,1-3H3,(H,27,29)(H,30,31)/t19-,22-/m0/s1. The number of rotatable bonds is 8. The number of fused-ring (bicyclic) bond motifs is 1. The number of aromatic nitrogens is 1. The second-order valence-electron chi connectivity index (χ2n) is 8.53. The van der Waals surface area contributed by atoms with Crippen molar-refractivity contribution in [3.05, 3.63) is 64.8 Å². The van der Waals surface area contributed by atoms with Gasteiger partial charge in [-0.1, -0.05) is 12.1 Å². The van der Waals surface area contributed by atoms with Gasteiger partial charge in [-0.3, -0.25) is 14.2 Å². The average molecular weight is 486 g/mol. The van der Waals surface area contributed by atoms with Gasteiger partial charge in [0, 0.05) is 54.0 Å². The van der Waals surface area contributed by atoms with Gasteiger partial charge in [-0.15, -0.1) is 0 Å². The van der Waals surface area contributed by atoms with Crippen LogP contribution in [0.2, 0.25) is 0 Å². The lowest BCUT2D eigenvalue weighted by Crippen LogP contribution is -2.39. The Morgan fingerprint density at radius 1 is 1.29 bits per heavy atom. The number of amides is 1. The third kappa shape index (κ3) is 5.17. The van der Waals surface area contributed by atoms with Crippen LogP contribution in [0, 0.1) is 6.92 Å². The number of methoxy groups -OCH3 is 1. The van der Waals surface area contributed by atoms with E-state index in [1.807, 2.05) is 30.0 Å². The average Bonchev–Trinajstić information content (AvgIpc) is 3.32. The van der Waals surface area contributed by atoms with Crippen LogP contribution in [0.5, 0.6) is 5.75 Å². The lowest BCUT2D eigenvalue weighted by molar-refractivity contribution is -0.0138. The highest BCUT2D eigenvalue weighted by atomic mass is 32.2. The molecule has 3 N–H and O–H groups in total. The van der Waals surface area contributed by atoms with Crippen LogP contribution in [0.3, 0.4) is 0 Å². The Kier molecular flexibility index (Phi) is 7.67. The maximum atomic E-state index is 12.1. The van der Waals surface area contributed by atoms with E-state index >= 15 is 0 Å². The van der Waals surface area contributed by atoms with Crippen molar-refractivity contribution in [2.45, 2.75) is 45.4 Å². The molecule has 1 fully saturated rings. The predicted molar refractivity (Wildman–Crippen MR) is 132 cm³/mol. The summed E-state index contributed by atoms with van der Waals surface area (Å²) in [4.78, 5) is 17.9. The second-order valence-corrected chi connectivity index (χ2v) is 9.23. The number of aryl methyl sites for hydroxylation is 1. The maximum Gasteiger partial charge on any atom is 0.264 e. The van der Waals surface area contributed by atoms with Crippen LogP contribution in [-0.2, 0) is 22.5 Å². The van der Waals surface area contributed by atoms with Gasteiger partial charge in [0.25, 0.3) is 17.2 Å². The zero-order chi connectivity index (χ0) is 24.2. The molecule has 0 spiro atoms. The fraction of sp³-hybridized carbons (Fsp3) is 0.400. The van der Waals surface area contributed by atoms with Crippen LogP contribution in [0.4, 0.5) is 0 Å². The summed E-state index contributed by atoms with van der Waals surface area (Å²) in [5.41, 5.74) is 4.82. The highest BCUT2D eigenvalue weighted by Gasteiger charge is 2.31. The van der Waals surface area contributed by atoms with Crippen molar-refractivity contribution < 1.29 is 23.0 Å². The van der Waals surface area contributed by atoms with Crippen molar-refractivity contribution >= 4 is 28.1 Å². The fourth-order valence-corrected chi connectivity index (χ4v) is 5.16. The quantitative estimate of drug-likeness (QED) is 0.415. The highest BCUT2D eigenvalue weighted by molar-refractivity contribution is 7.77. The Balaban J connectivity index is 1.65.